The summed E-state index contributed by atoms with van der Waals surface area (Å²) in [6.07, 6.45) is 4.94. The summed E-state index contributed by atoms with van der Waals surface area (Å²) in [6, 6.07) is 15.1. The lowest BCUT2D eigenvalue weighted by molar-refractivity contribution is -0.110. The van der Waals surface area contributed by atoms with Crippen LogP contribution in [0.5, 0.6) is 5.75 Å². The number of nitrogen functional groups attached to an aromatic ring is 1. The van der Waals surface area contributed by atoms with E-state index in [1.165, 1.54) is 25.6 Å². The fourth-order valence-electron chi connectivity index (χ4n) is 5.07. The predicted molar refractivity (Wildman–Crippen MR) is 155 cm³/mol. The van der Waals surface area contributed by atoms with Gasteiger partial charge in [0.05, 0.1) is 29.9 Å². The number of rotatable bonds is 8. The number of carbonyl (C=O) groups is 2. The number of methoxy groups -OCH3 is 1. The number of hydrogen-bond acceptors (Lipinski definition) is 9. The molecule has 212 valence electrons. The highest BCUT2D eigenvalue weighted by molar-refractivity contribution is 5.99. The van der Waals surface area contributed by atoms with Gasteiger partial charge in [-0.3, -0.25) is 4.79 Å². The van der Waals surface area contributed by atoms with Crippen LogP contribution in [-0.2, 0) is 11.3 Å². The topological polar surface area (TPSA) is 141 Å². The molecule has 0 saturated carbocycles. The lowest BCUT2D eigenvalue weighted by Crippen LogP contribution is -2.23. The molecule has 2 aromatic carbocycles. The number of aromatic nitrogens is 5. The average Bonchev–Trinajstić information content (AvgIpc) is 3.66. The van der Waals surface area contributed by atoms with E-state index in [9.17, 15) is 14.0 Å². The normalized spacial score (nSPS) is 14.7. The monoisotopic (exact) mass is 566 g/mol. The maximum absolute atomic E-state index is 13.7. The Hall–Kier alpha value is -5.39. The van der Waals surface area contributed by atoms with E-state index in [1.807, 2.05) is 36.4 Å². The number of nitrogens with zero attached hydrogens (tertiary/aromatic N) is 6. The van der Waals surface area contributed by atoms with E-state index in [4.69, 9.17) is 15.6 Å². The van der Waals surface area contributed by atoms with Crippen molar-refractivity contribution < 1.29 is 18.7 Å². The zero-order valence-electron chi connectivity index (χ0n) is 22.7. The minimum Gasteiger partial charge on any atom is -0.496 e. The quantitative estimate of drug-likeness (QED) is 0.270. The van der Waals surface area contributed by atoms with Gasteiger partial charge in [-0.15, -0.1) is 0 Å². The molecule has 1 amide bonds. The van der Waals surface area contributed by atoms with Crippen LogP contribution >= 0.6 is 0 Å². The van der Waals surface area contributed by atoms with Gasteiger partial charge < -0.3 is 25.5 Å². The Kier molecular flexibility index (Phi) is 7.17. The number of fused-ring (bicyclic) bond motifs is 1. The van der Waals surface area contributed by atoms with Gasteiger partial charge in [0.2, 0.25) is 0 Å². The Morgan fingerprint density at radius 2 is 1.98 bits per heavy atom. The number of anilines is 2. The molecule has 11 nitrogen and oxygen atoms in total. The van der Waals surface area contributed by atoms with Gasteiger partial charge in [0, 0.05) is 31.1 Å². The first-order valence-corrected chi connectivity index (χ1v) is 13.3. The fraction of sp³-hybridized carbons (Fsp3) is 0.200. The van der Waals surface area contributed by atoms with Gasteiger partial charge in [-0.1, -0.05) is 24.3 Å². The second-order valence-corrected chi connectivity index (χ2v) is 9.95. The van der Waals surface area contributed by atoms with E-state index in [-0.39, 0.29) is 18.0 Å². The van der Waals surface area contributed by atoms with Crippen LogP contribution in [0.15, 0.2) is 67.1 Å². The van der Waals surface area contributed by atoms with Crippen LogP contribution in [0.4, 0.5) is 16.0 Å². The Morgan fingerprint density at radius 3 is 2.69 bits per heavy atom. The van der Waals surface area contributed by atoms with E-state index in [1.54, 1.807) is 10.9 Å². The summed E-state index contributed by atoms with van der Waals surface area (Å²) >= 11 is 0. The van der Waals surface area contributed by atoms with Crippen molar-refractivity contribution in [2.24, 2.45) is 5.92 Å². The molecule has 0 bridgehead atoms. The van der Waals surface area contributed by atoms with Crippen LogP contribution in [0, 0.1) is 11.7 Å². The van der Waals surface area contributed by atoms with E-state index in [0.29, 0.717) is 40.5 Å². The summed E-state index contributed by atoms with van der Waals surface area (Å²) in [6.45, 7) is 1.67. The lowest BCUT2D eigenvalue weighted by Gasteiger charge is -2.16. The van der Waals surface area contributed by atoms with Crippen LogP contribution in [0.25, 0.3) is 28.0 Å². The number of aldehydes is 1. The molecule has 0 spiro atoms. The minimum atomic E-state index is -0.522. The van der Waals surface area contributed by atoms with Crippen LogP contribution in [-0.4, -0.2) is 57.1 Å². The van der Waals surface area contributed by atoms with Crippen molar-refractivity contribution in [1.82, 2.24) is 30.0 Å². The van der Waals surface area contributed by atoms with Crippen molar-refractivity contribution in [1.29, 1.82) is 0 Å². The number of ether oxygens (including phenoxy) is 1. The summed E-state index contributed by atoms with van der Waals surface area (Å²) < 4.78 is 20.6. The van der Waals surface area contributed by atoms with Crippen LogP contribution in [0.1, 0.15) is 22.3 Å². The first kappa shape index (κ1) is 26.8. The number of halogens is 1. The highest BCUT2D eigenvalue weighted by Crippen LogP contribution is 2.32. The third-order valence-electron chi connectivity index (χ3n) is 7.30. The molecule has 1 saturated heterocycles. The summed E-state index contributed by atoms with van der Waals surface area (Å²) in [7, 11) is 1.43. The molecule has 42 heavy (non-hydrogen) atoms. The molecule has 5 aromatic rings. The molecule has 6 rings (SSSR count). The van der Waals surface area contributed by atoms with Gasteiger partial charge in [-0.25, -0.2) is 24.0 Å². The molecule has 1 atom stereocenters. The molecular weight excluding hydrogens is 539 g/mol. The van der Waals surface area contributed by atoms with E-state index in [2.05, 4.69) is 25.2 Å². The second-order valence-electron chi connectivity index (χ2n) is 9.95. The lowest BCUT2D eigenvalue weighted by atomic mass is 10.1. The summed E-state index contributed by atoms with van der Waals surface area (Å²) in [5.41, 5.74) is 9.84. The predicted octanol–water partition coefficient (Wildman–Crippen LogP) is 3.56. The van der Waals surface area contributed by atoms with Gasteiger partial charge in [-0.05, 0) is 42.3 Å². The van der Waals surface area contributed by atoms with Crippen molar-refractivity contribution in [2.75, 3.05) is 30.8 Å². The standard InChI is InChI=1S/C30H27FN8O3/c1-42-24-8-6-21(31)12-23(24)30(41)34-13-18-2-4-20(5-3-18)27-26-28(32)35-17-36-29(26)39(37-27)22-7-9-25(33-14-22)38-11-10-19(15-38)16-40/h2-9,12,14,16-17,19H,10-11,13,15H2,1H3,(H,34,41)(H2,32,35,36). The van der Waals surface area contributed by atoms with Gasteiger partial charge >= 0.3 is 0 Å². The molecular formula is C30H27FN8O3. The fourth-order valence-corrected chi connectivity index (χ4v) is 5.07. The third-order valence-corrected chi connectivity index (χ3v) is 7.30. The van der Waals surface area contributed by atoms with Crippen LogP contribution < -0.4 is 20.7 Å². The molecule has 1 aliphatic heterocycles. The van der Waals surface area contributed by atoms with Crippen molar-refractivity contribution in [3.05, 3.63) is 84.1 Å². The molecule has 12 heteroatoms. The first-order chi connectivity index (χ1) is 20.4. The molecule has 1 unspecified atom stereocenters. The van der Waals surface area contributed by atoms with Crippen LogP contribution in [0.3, 0.4) is 0 Å². The van der Waals surface area contributed by atoms with Crippen molar-refractivity contribution in [3.63, 3.8) is 0 Å². The number of benzene rings is 2. The summed E-state index contributed by atoms with van der Waals surface area (Å²) in [5.74, 6) is 0.446. The molecule has 4 heterocycles. The second kappa shape index (κ2) is 11.2. The molecule has 3 aromatic heterocycles. The van der Waals surface area contributed by atoms with E-state index < -0.39 is 11.7 Å². The van der Waals surface area contributed by atoms with Crippen LogP contribution in [0.2, 0.25) is 0 Å². The zero-order chi connectivity index (χ0) is 29.2. The van der Waals surface area contributed by atoms with Gasteiger partial charge in [-0.2, -0.15) is 5.10 Å². The van der Waals surface area contributed by atoms with E-state index >= 15 is 0 Å². The zero-order valence-corrected chi connectivity index (χ0v) is 22.7. The molecule has 0 aliphatic carbocycles. The first-order valence-electron chi connectivity index (χ1n) is 13.3. The average molecular weight is 567 g/mol. The smallest absolute Gasteiger partial charge is 0.255 e. The number of nitrogens with one attached hydrogen (secondary N) is 1. The molecule has 1 fully saturated rings. The Morgan fingerprint density at radius 1 is 1.14 bits per heavy atom. The Labute approximate surface area is 240 Å². The van der Waals surface area contributed by atoms with Gasteiger partial charge in [0.1, 0.15) is 41.5 Å². The number of carbonyl (C=O) groups excluding carboxylic acids is 2. The minimum absolute atomic E-state index is 0.0309. The molecule has 0 radical (unpaired) electrons. The number of amides is 1. The van der Waals surface area contributed by atoms with Crippen molar-refractivity contribution >= 4 is 34.9 Å². The molecule has 1 aliphatic rings. The Bertz CT molecular complexity index is 1770. The van der Waals surface area contributed by atoms with Gasteiger partial charge in [0.15, 0.2) is 5.65 Å². The summed E-state index contributed by atoms with van der Waals surface area (Å²) in [4.78, 5) is 39.1. The SMILES string of the molecule is COc1ccc(F)cc1C(=O)NCc1ccc(-c2nn(-c3ccc(N4CCC(C=O)C4)nc3)c3ncnc(N)c23)cc1. The Balaban J connectivity index is 1.24. The largest absolute Gasteiger partial charge is 0.496 e. The van der Waals surface area contributed by atoms with Gasteiger partial charge in [0.25, 0.3) is 5.91 Å². The molecule has 3 N–H and O–H groups in total. The number of nitrogens with two attached hydrogens (primary N) is 1. The maximum atomic E-state index is 13.7. The highest BCUT2D eigenvalue weighted by atomic mass is 19.1. The highest BCUT2D eigenvalue weighted by Gasteiger charge is 2.23. The van der Waals surface area contributed by atoms with Crippen molar-refractivity contribution in [3.8, 4) is 22.7 Å². The van der Waals surface area contributed by atoms with Crippen molar-refractivity contribution in [2.45, 2.75) is 13.0 Å². The van der Waals surface area contributed by atoms with E-state index in [0.717, 1.165) is 42.3 Å². The summed E-state index contributed by atoms with van der Waals surface area (Å²) in [5, 5.41) is 8.23. The number of pyridine rings is 1. The number of hydrogen-bond donors (Lipinski definition) is 2. The third kappa shape index (κ3) is 5.09. The maximum Gasteiger partial charge on any atom is 0.255 e.